The number of hydrogen-bond donors (Lipinski definition) is 1. The van der Waals surface area contributed by atoms with Crippen LogP contribution in [0.2, 0.25) is 0 Å². The molecule has 0 unspecified atom stereocenters. The van der Waals surface area contributed by atoms with Gasteiger partial charge in [-0.25, -0.2) is 0 Å². The van der Waals surface area contributed by atoms with Gasteiger partial charge in [-0.2, -0.15) is 0 Å². The molecule has 0 aromatic rings. The molecule has 1 heteroatoms. The lowest BCUT2D eigenvalue weighted by Crippen LogP contribution is -2.10. The van der Waals surface area contributed by atoms with Crippen LogP contribution in [-0.2, 0) is 0 Å². The number of nitrogens with one attached hydrogen (secondary N) is 1. The Morgan fingerprint density at radius 2 is 1.76 bits per heavy atom. The molecule has 1 nitrogen and oxygen atoms in total. The Morgan fingerprint density at radius 1 is 1.06 bits per heavy atom. The summed E-state index contributed by atoms with van der Waals surface area (Å²) < 4.78 is 0. The van der Waals surface area contributed by atoms with Crippen LogP contribution < -0.4 is 5.32 Å². The SMILES string of the molecule is C=C(/C=C/CC\C=C/C=C/C=C/C)NCCC. The third kappa shape index (κ3) is 12.4. The molecule has 0 saturated heterocycles. The zero-order valence-corrected chi connectivity index (χ0v) is 11.2. The molecule has 0 fully saturated rings. The summed E-state index contributed by atoms with van der Waals surface area (Å²) in [5.74, 6) is 0. The van der Waals surface area contributed by atoms with Gasteiger partial charge in [-0.1, -0.05) is 56.0 Å². The summed E-state index contributed by atoms with van der Waals surface area (Å²) in [5, 5.41) is 3.24. The fourth-order valence-electron chi connectivity index (χ4n) is 1.18. The van der Waals surface area contributed by atoms with E-state index >= 15 is 0 Å². The second-order valence-electron chi connectivity index (χ2n) is 3.77. The van der Waals surface area contributed by atoms with E-state index in [9.17, 15) is 0 Å². The second kappa shape index (κ2) is 12.6. The lowest BCUT2D eigenvalue weighted by molar-refractivity contribution is 0.786. The van der Waals surface area contributed by atoms with Crippen molar-refractivity contribution in [3.63, 3.8) is 0 Å². The van der Waals surface area contributed by atoms with Gasteiger partial charge in [0.1, 0.15) is 0 Å². The van der Waals surface area contributed by atoms with Crippen LogP contribution in [0.3, 0.4) is 0 Å². The minimum atomic E-state index is 0.999. The highest BCUT2D eigenvalue weighted by Gasteiger charge is 1.83. The van der Waals surface area contributed by atoms with Crippen molar-refractivity contribution in [3.8, 4) is 0 Å². The smallest absolute Gasteiger partial charge is 0.0263 e. The first kappa shape index (κ1) is 15.5. The van der Waals surface area contributed by atoms with Gasteiger partial charge in [0.25, 0.3) is 0 Å². The molecule has 0 heterocycles. The maximum absolute atomic E-state index is 3.93. The average molecular weight is 231 g/mol. The Bertz CT molecular complexity index is 293. The standard InChI is InChI=1S/C16H25N/c1-4-6-7-8-9-10-11-12-13-14-16(3)17-15-5-2/h4,6-10,13-14,17H,3,5,11-12,15H2,1-2H3/b6-4+,8-7+,10-9-,14-13+. The average Bonchev–Trinajstić information content (AvgIpc) is 2.34. The van der Waals surface area contributed by atoms with E-state index in [0.717, 1.165) is 31.5 Å². The number of allylic oxidation sites excluding steroid dienone is 8. The highest BCUT2D eigenvalue weighted by Crippen LogP contribution is 1.96. The largest absolute Gasteiger partial charge is 0.386 e. The molecule has 1 N–H and O–H groups in total. The van der Waals surface area contributed by atoms with Gasteiger partial charge in [0.15, 0.2) is 0 Å². The molecule has 0 bridgehead atoms. The van der Waals surface area contributed by atoms with Crippen LogP contribution in [-0.4, -0.2) is 6.54 Å². The maximum atomic E-state index is 3.93. The van der Waals surface area contributed by atoms with Crippen molar-refractivity contribution in [3.05, 3.63) is 60.9 Å². The minimum absolute atomic E-state index is 0.999. The van der Waals surface area contributed by atoms with E-state index in [-0.39, 0.29) is 0 Å². The van der Waals surface area contributed by atoms with Gasteiger partial charge in [0, 0.05) is 12.2 Å². The lowest BCUT2D eigenvalue weighted by Gasteiger charge is -2.01. The van der Waals surface area contributed by atoms with Crippen molar-refractivity contribution in [2.45, 2.75) is 33.1 Å². The van der Waals surface area contributed by atoms with E-state index in [1.807, 2.05) is 31.2 Å². The van der Waals surface area contributed by atoms with Crippen LogP contribution in [0.15, 0.2) is 60.9 Å². The van der Waals surface area contributed by atoms with E-state index < -0.39 is 0 Å². The van der Waals surface area contributed by atoms with Crippen LogP contribution in [0.25, 0.3) is 0 Å². The van der Waals surface area contributed by atoms with Crippen LogP contribution in [0.1, 0.15) is 33.1 Å². The lowest BCUT2D eigenvalue weighted by atomic mass is 10.2. The van der Waals surface area contributed by atoms with E-state index in [2.05, 4.69) is 43.1 Å². The Labute approximate surface area is 106 Å². The second-order valence-corrected chi connectivity index (χ2v) is 3.77. The highest BCUT2D eigenvalue weighted by molar-refractivity contribution is 5.13. The summed E-state index contributed by atoms with van der Waals surface area (Å²) >= 11 is 0. The molecule has 0 aromatic heterocycles. The third-order valence-corrected chi connectivity index (χ3v) is 2.08. The fraction of sp³-hybridized carbons (Fsp3) is 0.375. The quantitative estimate of drug-likeness (QED) is 0.454. The number of unbranched alkanes of at least 4 members (excludes halogenated alkanes) is 1. The van der Waals surface area contributed by atoms with Crippen molar-refractivity contribution in [2.75, 3.05) is 6.54 Å². The highest BCUT2D eigenvalue weighted by atomic mass is 14.9. The molecular formula is C16H25N. The molecule has 0 aliphatic heterocycles. The van der Waals surface area contributed by atoms with Gasteiger partial charge in [-0.3, -0.25) is 0 Å². The molecule has 94 valence electrons. The molecular weight excluding hydrogens is 206 g/mol. The Balaban J connectivity index is 3.56. The van der Waals surface area contributed by atoms with Crippen LogP contribution in [0, 0.1) is 0 Å². The zero-order valence-electron chi connectivity index (χ0n) is 11.2. The van der Waals surface area contributed by atoms with Crippen molar-refractivity contribution < 1.29 is 0 Å². The van der Waals surface area contributed by atoms with E-state index in [1.54, 1.807) is 0 Å². The van der Waals surface area contributed by atoms with E-state index in [4.69, 9.17) is 0 Å². The fourth-order valence-corrected chi connectivity index (χ4v) is 1.18. The monoisotopic (exact) mass is 231 g/mol. The topological polar surface area (TPSA) is 12.0 Å². The number of hydrogen-bond acceptors (Lipinski definition) is 1. The van der Waals surface area contributed by atoms with Crippen LogP contribution in [0.4, 0.5) is 0 Å². The van der Waals surface area contributed by atoms with Crippen molar-refractivity contribution in [1.29, 1.82) is 0 Å². The molecule has 0 saturated carbocycles. The van der Waals surface area contributed by atoms with Gasteiger partial charge in [-0.15, -0.1) is 0 Å². The maximum Gasteiger partial charge on any atom is 0.0263 e. The van der Waals surface area contributed by atoms with Gasteiger partial charge >= 0.3 is 0 Å². The molecule has 0 aliphatic rings. The first-order chi connectivity index (χ1) is 8.31. The minimum Gasteiger partial charge on any atom is -0.386 e. The molecule has 17 heavy (non-hydrogen) atoms. The molecule has 0 aromatic carbocycles. The summed E-state index contributed by atoms with van der Waals surface area (Å²) in [6, 6.07) is 0. The van der Waals surface area contributed by atoms with E-state index in [1.165, 1.54) is 0 Å². The summed E-state index contributed by atoms with van der Waals surface area (Å²) in [7, 11) is 0. The summed E-state index contributed by atoms with van der Waals surface area (Å²) in [6.45, 7) is 9.09. The predicted octanol–water partition coefficient (Wildman–Crippen LogP) is 4.52. The molecule has 0 radical (unpaired) electrons. The summed E-state index contributed by atoms with van der Waals surface area (Å²) in [5.41, 5.74) is 1.00. The van der Waals surface area contributed by atoms with Crippen molar-refractivity contribution >= 4 is 0 Å². The van der Waals surface area contributed by atoms with Crippen LogP contribution in [0.5, 0.6) is 0 Å². The zero-order chi connectivity index (χ0) is 12.8. The van der Waals surface area contributed by atoms with E-state index in [0.29, 0.717) is 0 Å². The Kier molecular flexibility index (Phi) is 11.5. The summed E-state index contributed by atoms with van der Waals surface area (Å²) in [6.07, 6.45) is 19.8. The summed E-state index contributed by atoms with van der Waals surface area (Å²) in [4.78, 5) is 0. The molecule has 0 rings (SSSR count). The Hall–Kier alpha value is -1.50. The predicted molar refractivity (Wildman–Crippen MR) is 78.9 cm³/mol. The van der Waals surface area contributed by atoms with Gasteiger partial charge in [0.2, 0.25) is 0 Å². The first-order valence-electron chi connectivity index (χ1n) is 6.35. The van der Waals surface area contributed by atoms with Gasteiger partial charge in [-0.05, 0) is 32.3 Å². The van der Waals surface area contributed by atoms with Gasteiger partial charge in [0.05, 0.1) is 0 Å². The Morgan fingerprint density at radius 3 is 2.47 bits per heavy atom. The molecule has 0 aliphatic carbocycles. The number of rotatable bonds is 9. The normalized spacial score (nSPS) is 12.4. The van der Waals surface area contributed by atoms with Gasteiger partial charge < -0.3 is 5.32 Å². The van der Waals surface area contributed by atoms with Crippen molar-refractivity contribution in [1.82, 2.24) is 5.32 Å². The third-order valence-electron chi connectivity index (χ3n) is 2.08. The molecule has 0 spiro atoms. The molecule has 0 atom stereocenters. The first-order valence-corrected chi connectivity index (χ1v) is 6.35. The molecule has 0 amide bonds. The van der Waals surface area contributed by atoms with Crippen LogP contribution >= 0.6 is 0 Å². The van der Waals surface area contributed by atoms with Crippen molar-refractivity contribution in [2.24, 2.45) is 0 Å².